The third-order valence-electron chi connectivity index (χ3n) is 2.21. The van der Waals surface area contributed by atoms with Gasteiger partial charge in [-0.05, 0) is 6.07 Å². The molecule has 0 aliphatic carbocycles. The van der Waals surface area contributed by atoms with Crippen molar-refractivity contribution in [3.63, 3.8) is 0 Å². The van der Waals surface area contributed by atoms with Gasteiger partial charge in [0.1, 0.15) is 0 Å². The average molecular weight is 240 g/mol. The van der Waals surface area contributed by atoms with Crippen molar-refractivity contribution in [2.75, 3.05) is 17.2 Å². The molecule has 6 nitrogen and oxygen atoms in total. The summed E-state index contributed by atoms with van der Waals surface area (Å²) in [6.45, 7) is 0. The lowest BCUT2D eigenvalue weighted by Crippen LogP contribution is -2.08. The van der Waals surface area contributed by atoms with Crippen LogP contribution in [0.3, 0.4) is 0 Å². The van der Waals surface area contributed by atoms with E-state index in [9.17, 15) is 8.78 Å². The van der Waals surface area contributed by atoms with Gasteiger partial charge in [-0.2, -0.15) is 9.78 Å². The summed E-state index contributed by atoms with van der Waals surface area (Å²) in [6, 6.07) is 1.13. The van der Waals surface area contributed by atoms with E-state index in [2.05, 4.69) is 10.1 Å². The molecule has 0 saturated carbocycles. The minimum Gasteiger partial charge on any atom is -0.396 e. The summed E-state index contributed by atoms with van der Waals surface area (Å²) in [5.41, 5.74) is 16.8. The van der Waals surface area contributed by atoms with E-state index in [1.54, 1.807) is 0 Å². The molecule has 0 aliphatic heterocycles. The van der Waals surface area contributed by atoms with E-state index in [0.29, 0.717) is 0 Å². The number of alkyl halides is 2. The molecule has 0 atom stereocenters. The van der Waals surface area contributed by atoms with Crippen molar-refractivity contribution in [3.8, 4) is 5.82 Å². The van der Waals surface area contributed by atoms with E-state index < -0.39 is 6.43 Å². The van der Waals surface area contributed by atoms with Gasteiger partial charge in [0.05, 0.1) is 17.6 Å². The molecule has 0 aliphatic rings. The molecule has 0 fully saturated rings. The van der Waals surface area contributed by atoms with Crippen LogP contribution in [0, 0.1) is 0 Å². The maximum absolute atomic E-state index is 12.4. The summed E-state index contributed by atoms with van der Waals surface area (Å²) in [6.07, 6.45) is -0.274. The maximum Gasteiger partial charge on any atom is 0.265 e. The average Bonchev–Trinajstić information content (AvgIpc) is 2.60. The number of anilines is 3. The standard InChI is InChI=1S/C9H10F2N6/c10-7(11)4-1-5(12)9(15-2-4)17-8(14)6(13)3-16-17/h1-3,7H,12-14H2. The number of nitrogen functional groups attached to an aromatic ring is 3. The summed E-state index contributed by atoms with van der Waals surface area (Å²) >= 11 is 0. The third-order valence-corrected chi connectivity index (χ3v) is 2.21. The minimum absolute atomic E-state index is 0.0533. The molecule has 6 N–H and O–H groups in total. The Bertz CT molecular complexity index is 550. The molecule has 0 radical (unpaired) electrons. The molecule has 2 rings (SSSR count). The van der Waals surface area contributed by atoms with E-state index in [1.165, 1.54) is 10.9 Å². The number of hydrogen-bond acceptors (Lipinski definition) is 5. The topological polar surface area (TPSA) is 109 Å². The van der Waals surface area contributed by atoms with Gasteiger partial charge in [-0.3, -0.25) is 0 Å². The highest BCUT2D eigenvalue weighted by Crippen LogP contribution is 2.25. The van der Waals surface area contributed by atoms with Gasteiger partial charge in [0.25, 0.3) is 6.43 Å². The van der Waals surface area contributed by atoms with Crippen LogP contribution in [0.25, 0.3) is 5.82 Å². The van der Waals surface area contributed by atoms with Crippen LogP contribution in [0.2, 0.25) is 0 Å². The van der Waals surface area contributed by atoms with Crippen molar-refractivity contribution < 1.29 is 8.78 Å². The van der Waals surface area contributed by atoms with Crippen LogP contribution in [0.5, 0.6) is 0 Å². The first kappa shape index (κ1) is 11.1. The molecule has 2 heterocycles. The lowest BCUT2D eigenvalue weighted by molar-refractivity contribution is 0.151. The van der Waals surface area contributed by atoms with Crippen LogP contribution >= 0.6 is 0 Å². The molecular weight excluding hydrogens is 230 g/mol. The normalized spacial score (nSPS) is 11.0. The predicted octanol–water partition coefficient (Wildman–Crippen LogP) is 0.952. The molecule has 2 aromatic heterocycles. The summed E-state index contributed by atoms with van der Waals surface area (Å²) in [4.78, 5) is 3.80. The Morgan fingerprint density at radius 3 is 2.29 bits per heavy atom. The van der Waals surface area contributed by atoms with E-state index in [1.807, 2.05) is 0 Å². The second-order valence-electron chi connectivity index (χ2n) is 3.38. The summed E-state index contributed by atoms with van der Waals surface area (Å²) < 4.78 is 26.0. The van der Waals surface area contributed by atoms with Crippen LogP contribution in [0.4, 0.5) is 26.0 Å². The van der Waals surface area contributed by atoms with Crippen LogP contribution < -0.4 is 17.2 Å². The summed E-state index contributed by atoms with van der Waals surface area (Å²) in [5.74, 6) is 0.331. The molecular formula is C9H10F2N6. The molecule has 0 bridgehead atoms. The lowest BCUT2D eigenvalue weighted by atomic mass is 10.2. The van der Waals surface area contributed by atoms with Crippen LogP contribution in [-0.4, -0.2) is 14.8 Å². The fourth-order valence-corrected chi connectivity index (χ4v) is 1.33. The number of rotatable bonds is 2. The first-order valence-electron chi connectivity index (χ1n) is 4.63. The molecule has 17 heavy (non-hydrogen) atoms. The monoisotopic (exact) mass is 240 g/mol. The third kappa shape index (κ3) is 1.84. The van der Waals surface area contributed by atoms with Gasteiger partial charge in [-0.15, -0.1) is 0 Å². The van der Waals surface area contributed by atoms with E-state index >= 15 is 0 Å². The van der Waals surface area contributed by atoms with Crippen LogP contribution in [-0.2, 0) is 0 Å². The minimum atomic E-state index is -2.63. The number of nitrogens with two attached hydrogens (primary N) is 3. The van der Waals surface area contributed by atoms with Crippen molar-refractivity contribution in [2.45, 2.75) is 6.43 Å². The molecule has 0 unspecified atom stereocenters. The van der Waals surface area contributed by atoms with Gasteiger partial charge in [-0.1, -0.05) is 0 Å². The quantitative estimate of drug-likeness (QED) is 0.724. The molecule has 90 valence electrons. The first-order chi connectivity index (χ1) is 8.00. The zero-order valence-electron chi connectivity index (χ0n) is 8.64. The molecule has 8 heteroatoms. The zero-order chi connectivity index (χ0) is 12.6. The largest absolute Gasteiger partial charge is 0.396 e. The Morgan fingerprint density at radius 1 is 1.12 bits per heavy atom. The lowest BCUT2D eigenvalue weighted by Gasteiger charge is -2.08. The Labute approximate surface area is 95.0 Å². The number of aromatic nitrogens is 3. The molecule has 0 aromatic carbocycles. The molecule has 0 saturated heterocycles. The van der Waals surface area contributed by atoms with Crippen LogP contribution in [0.15, 0.2) is 18.5 Å². The second kappa shape index (κ2) is 3.89. The summed E-state index contributed by atoms with van der Waals surface area (Å²) in [7, 11) is 0. The van der Waals surface area contributed by atoms with Crippen molar-refractivity contribution >= 4 is 17.2 Å². The van der Waals surface area contributed by atoms with Gasteiger partial charge in [0, 0.05) is 11.8 Å². The fraction of sp³-hybridized carbons (Fsp3) is 0.111. The summed E-state index contributed by atoms with van der Waals surface area (Å²) in [5, 5.41) is 3.86. The van der Waals surface area contributed by atoms with Crippen LogP contribution in [0.1, 0.15) is 12.0 Å². The second-order valence-corrected chi connectivity index (χ2v) is 3.38. The zero-order valence-corrected chi connectivity index (χ0v) is 8.64. The van der Waals surface area contributed by atoms with Gasteiger partial charge < -0.3 is 17.2 Å². The first-order valence-corrected chi connectivity index (χ1v) is 4.63. The van der Waals surface area contributed by atoms with Crippen molar-refractivity contribution in [3.05, 3.63) is 24.0 Å². The Morgan fingerprint density at radius 2 is 1.82 bits per heavy atom. The Hall–Kier alpha value is -2.38. The highest BCUT2D eigenvalue weighted by molar-refractivity contribution is 5.64. The number of hydrogen-bond donors (Lipinski definition) is 3. The highest BCUT2D eigenvalue weighted by atomic mass is 19.3. The van der Waals surface area contributed by atoms with E-state index in [-0.39, 0.29) is 28.6 Å². The van der Waals surface area contributed by atoms with Gasteiger partial charge >= 0.3 is 0 Å². The van der Waals surface area contributed by atoms with Crippen molar-refractivity contribution in [2.24, 2.45) is 0 Å². The van der Waals surface area contributed by atoms with E-state index in [0.717, 1.165) is 12.3 Å². The Balaban J connectivity index is 2.50. The molecule has 0 spiro atoms. The van der Waals surface area contributed by atoms with E-state index in [4.69, 9.17) is 17.2 Å². The van der Waals surface area contributed by atoms with Gasteiger partial charge in [0.2, 0.25) is 0 Å². The SMILES string of the molecule is Nc1cc(C(F)F)cnc1-n1ncc(N)c1N. The van der Waals surface area contributed by atoms with Crippen molar-refractivity contribution in [1.82, 2.24) is 14.8 Å². The smallest absolute Gasteiger partial charge is 0.265 e. The number of halogens is 2. The predicted molar refractivity (Wildman–Crippen MR) is 59.6 cm³/mol. The molecule has 2 aromatic rings. The number of pyridine rings is 1. The van der Waals surface area contributed by atoms with Gasteiger partial charge in [-0.25, -0.2) is 13.8 Å². The maximum atomic E-state index is 12.4. The number of nitrogens with zero attached hydrogens (tertiary/aromatic N) is 3. The highest BCUT2D eigenvalue weighted by Gasteiger charge is 2.14. The fourth-order valence-electron chi connectivity index (χ4n) is 1.33. The van der Waals surface area contributed by atoms with Gasteiger partial charge in [0.15, 0.2) is 11.6 Å². The molecule has 0 amide bonds. The van der Waals surface area contributed by atoms with Crippen molar-refractivity contribution in [1.29, 1.82) is 0 Å². The Kier molecular flexibility index (Phi) is 2.54.